The molecule has 2 aromatic heterocycles. The fourth-order valence-corrected chi connectivity index (χ4v) is 4.66. The molecule has 0 radical (unpaired) electrons. The predicted molar refractivity (Wildman–Crippen MR) is 153 cm³/mol. The van der Waals surface area contributed by atoms with Crippen molar-refractivity contribution in [1.82, 2.24) is 19.7 Å². The SMILES string of the molecule is CCCn1cc(Oc2ccc(CCCC(=O)O)c(NC(=O)C(C)n3cc(C)c4ccc(C(=O)NC)cc43)c2)cn1. The zero-order valence-electron chi connectivity index (χ0n) is 23.2. The molecule has 0 bridgehead atoms. The summed E-state index contributed by atoms with van der Waals surface area (Å²) < 4.78 is 9.67. The van der Waals surface area contributed by atoms with Gasteiger partial charge < -0.3 is 25.0 Å². The predicted octanol–water partition coefficient (Wildman–Crippen LogP) is 5.32. The van der Waals surface area contributed by atoms with Crippen LogP contribution in [0.3, 0.4) is 0 Å². The Labute approximate surface area is 232 Å². The summed E-state index contributed by atoms with van der Waals surface area (Å²) in [6.45, 7) is 6.61. The standard InChI is InChI=1S/C30H35N5O5/c1-5-13-34-18-24(16-32-34)40-23-11-9-21(7-6-8-28(36)37)26(15-23)33-29(38)20(3)35-17-19(2)25-12-10-22(14-27(25)35)30(39)31-4/h9-12,14-18,20H,5-8,13H2,1-4H3,(H,31,39)(H,33,38)(H,36,37). The highest BCUT2D eigenvalue weighted by Gasteiger charge is 2.21. The molecular weight excluding hydrogens is 510 g/mol. The van der Waals surface area contributed by atoms with Crippen molar-refractivity contribution in [1.29, 1.82) is 0 Å². The second kappa shape index (κ2) is 12.5. The Kier molecular flexibility index (Phi) is 8.88. The molecule has 1 atom stereocenters. The molecule has 210 valence electrons. The van der Waals surface area contributed by atoms with Gasteiger partial charge in [-0.15, -0.1) is 0 Å². The normalized spacial score (nSPS) is 11.8. The number of ether oxygens (including phenoxy) is 1. The molecular formula is C30H35N5O5. The molecule has 0 spiro atoms. The highest BCUT2D eigenvalue weighted by molar-refractivity contribution is 6.00. The second-order valence-electron chi connectivity index (χ2n) is 9.80. The maximum atomic E-state index is 13.6. The lowest BCUT2D eigenvalue weighted by atomic mass is 10.1. The van der Waals surface area contributed by atoms with E-state index in [1.165, 1.54) is 0 Å². The zero-order chi connectivity index (χ0) is 28.8. The van der Waals surface area contributed by atoms with Crippen molar-refractivity contribution in [2.75, 3.05) is 12.4 Å². The van der Waals surface area contributed by atoms with E-state index in [0.29, 0.717) is 35.6 Å². The summed E-state index contributed by atoms with van der Waals surface area (Å²) in [6, 6.07) is 10.2. The Balaban J connectivity index is 1.61. The summed E-state index contributed by atoms with van der Waals surface area (Å²) >= 11 is 0. The molecule has 4 rings (SSSR count). The maximum absolute atomic E-state index is 13.6. The van der Waals surface area contributed by atoms with E-state index in [4.69, 9.17) is 9.84 Å². The first-order valence-corrected chi connectivity index (χ1v) is 13.4. The fourth-order valence-electron chi connectivity index (χ4n) is 4.66. The molecule has 2 amide bonds. The quantitative estimate of drug-likeness (QED) is 0.221. The van der Waals surface area contributed by atoms with Crippen molar-refractivity contribution in [3.63, 3.8) is 0 Å². The van der Waals surface area contributed by atoms with Crippen molar-refractivity contribution in [2.24, 2.45) is 0 Å². The lowest BCUT2D eigenvalue weighted by molar-refractivity contribution is -0.137. The number of benzene rings is 2. The fraction of sp³-hybridized carbons (Fsp3) is 0.333. The summed E-state index contributed by atoms with van der Waals surface area (Å²) in [7, 11) is 1.58. The number of rotatable bonds is 12. The van der Waals surface area contributed by atoms with Crippen molar-refractivity contribution >= 4 is 34.4 Å². The van der Waals surface area contributed by atoms with E-state index in [0.717, 1.165) is 35.0 Å². The molecule has 3 N–H and O–H groups in total. The van der Waals surface area contributed by atoms with Crippen LogP contribution in [0.15, 0.2) is 55.0 Å². The Morgan fingerprint density at radius 1 is 1.10 bits per heavy atom. The number of carboxylic acid groups (broad SMARTS) is 1. The molecule has 0 aliphatic rings. The molecule has 4 aromatic rings. The van der Waals surface area contributed by atoms with Crippen LogP contribution in [0.5, 0.6) is 11.5 Å². The number of nitrogens with zero attached hydrogens (tertiary/aromatic N) is 3. The molecule has 0 aliphatic heterocycles. The Bertz CT molecular complexity index is 1540. The number of carbonyl (C=O) groups is 3. The van der Waals surface area contributed by atoms with Gasteiger partial charge >= 0.3 is 5.97 Å². The van der Waals surface area contributed by atoms with E-state index >= 15 is 0 Å². The van der Waals surface area contributed by atoms with Crippen LogP contribution in [0.4, 0.5) is 5.69 Å². The maximum Gasteiger partial charge on any atom is 0.303 e. The average Bonchev–Trinajstić information content (AvgIpc) is 3.52. The number of hydrogen-bond donors (Lipinski definition) is 3. The van der Waals surface area contributed by atoms with E-state index in [1.807, 2.05) is 36.0 Å². The van der Waals surface area contributed by atoms with Crippen LogP contribution >= 0.6 is 0 Å². The highest BCUT2D eigenvalue weighted by atomic mass is 16.5. The number of aliphatic carboxylic acids is 1. The average molecular weight is 546 g/mol. The first-order valence-electron chi connectivity index (χ1n) is 13.4. The molecule has 10 nitrogen and oxygen atoms in total. The molecule has 2 aromatic carbocycles. The molecule has 0 saturated heterocycles. The van der Waals surface area contributed by atoms with Gasteiger partial charge in [0.2, 0.25) is 5.91 Å². The molecule has 40 heavy (non-hydrogen) atoms. The van der Waals surface area contributed by atoms with Gasteiger partial charge in [0.25, 0.3) is 5.91 Å². The van der Waals surface area contributed by atoms with Gasteiger partial charge in [-0.1, -0.05) is 19.1 Å². The lowest BCUT2D eigenvalue weighted by Gasteiger charge is -2.18. The van der Waals surface area contributed by atoms with E-state index in [9.17, 15) is 14.4 Å². The molecule has 0 saturated carbocycles. The number of anilines is 1. The minimum absolute atomic E-state index is 0.0287. The molecule has 1 unspecified atom stereocenters. The molecule has 0 aliphatic carbocycles. The topological polar surface area (TPSA) is 127 Å². The lowest BCUT2D eigenvalue weighted by Crippen LogP contribution is -2.24. The largest absolute Gasteiger partial charge is 0.481 e. The van der Waals surface area contributed by atoms with Gasteiger partial charge in [0, 0.05) is 54.4 Å². The molecule has 0 fully saturated rings. The van der Waals surface area contributed by atoms with Gasteiger partial charge in [0.05, 0.1) is 12.4 Å². The minimum atomic E-state index is -0.866. The third-order valence-corrected chi connectivity index (χ3v) is 6.79. The van der Waals surface area contributed by atoms with Crippen LogP contribution in [-0.4, -0.2) is 44.3 Å². The number of hydrogen-bond acceptors (Lipinski definition) is 5. The Morgan fingerprint density at radius 2 is 1.90 bits per heavy atom. The Morgan fingerprint density at radius 3 is 2.62 bits per heavy atom. The van der Waals surface area contributed by atoms with Gasteiger partial charge in [-0.25, -0.2) is 0 Å². The van der Waals surface area contributed by atoms with Crippen molar-refractivity contribution < 1.29 is 24.2 Å². The first kappa shape index (κ1) is 28.4. The van der Waals surface area contributed by atoms with Crippen molar-refractivity contribution in [3.8, 4) is 11.5 Å². The van der Waals surface area contributed by atoms with Gasteiger partial charge in [-0.3, -0.25) is 19.1 Å². The summed E-state index contributed by atoms with van der Waals surface area (Å²) in [4.78, 5) is 36.9. The second-order valence-corrected chi connectivity index (χ2v) is 9.80. The van der Waals surface area contributed by atoms with Crippen LogP contribution in [-0.2, 0) is 22.6 Å². The van der Waals surface area contributed by atoms with E-state index in [2.05, 4.69) is 22.7 Å². The van der Waals surface area contributed by atoms with Gasteiger partial charge in [-0.2, -0.15) is 5.10 Å². The van der Waals surface area contributed by atoms with Crippen LogP contribution < -0.4 is 15.4 Å². The Hall–Kier alpha value is -4.60. The monoisotopic (exact) mass is 545 g/mol. The number of aryl methyl sites for hydroxylation is 3. The number of carboxylic acids is 1. The van der Waals surface area contributed by atoms with Crippen molar-refractivity contribution in [3.05, 3.63) is 71.7 Å². The highest BCUT2D eigenvalue weighted by Crippen LogP contribution is 2.30. The summed E-state index contributed by atoms with van der Waals surface area (Å²) in [5.74, 6) is -0.214. The van der Waals surface area contributed by atoms with Crippen molar-refractivity contribution in [2.45, 2.75) is 59.0 Å². The molecule has 2 heterocycles. The van der Waals surface area contributed by atoms with Crippen LogP contribution in [0.2, 0.25) is 0 Å². The van der Waals surface area contributed by atoms with Gasteiger partial charge in [0.1, 0.15) is 11.8 Å². The van der Waals surface area contributed by atoms with Crippen LogP contribution in [0.1, 0.15) is 60.6 Å². The van der Waals surface area contributed by atoms with Crippen LogP contribution in [0, 0.1) is 6.92 Å². The summed E-state index contributed by atoms with van der Waals surface area (Å²) in [6.07, 6.45) is 7.25. The number of carbonyl (C=O) groups excluding carboxylic acids is 2. The van der Waals surface area contributed by atoms with Crippen LogP contribution in [0.25, 0.3) is 10.9 Å². The third-order valence-electron chi connectivity index (χ3n) is 6.79. The summed E-state index contributed by atoms with van der Waals surface area (Å²) in [5.41, 5.74) is 3.65. The van der Waals surface area contributed by atoms with E-state index in [1.54, 1.807) is 49.1 Å². The minimum Gasteiger partial charge on any atom is -0.481 e. The third kappa shape index (κ3) is 6.51. The van der Waals surface area contributed by atoms with E-state index < -0.39 is 12.0 Å². The first-order chi connectivity index (χ1) is 19.2. The number of amides is 2. The number of nitrogens with one attached hydrogen (secondary N) is 2. The number of fused-ring (bicyclic) bond motifs is 1. The summed E-state index contributed by atoms with van der Waals surface area (Å²) in [5, 5.41) is 20.0. The number of aromatic nitrogens is 3. The van der Waals surface area contributed by atoms with Gasteiger partial charge in [0.15, 0.2) is 5.75 Å². The van der Waals surface area contributed by atoms with Gasteiger partial charge in [-0.05, 0) is 62.4 Å². The zero-order valence-corrected chi connectivity index (χ0v) is 23.2. The smallest absolute Gasteiger partial charge is 0.303 e. The van der Waals surface area contributed by atoms with E-state index in [-0.39, 0.29) is 18.2 Å². The molecule has 10 heteroatoms.